The van der Waals surface area contributed by atoms with Crippen molar-refractivity contribution in [3.63, 3.8) is 0 Å². The van der Waals surface area contributed by atoms with Crippen LogP contribution < -0.4 is 31.1 Å². The van der Waals surface area contributed by atoms with Crippen molar-refractivity contribution in [3.8, 4) is 27.9 Å². The molecule has 3 heterocycles. The Morgan fingerprint density at radius 3 is 1.43 bits per heavy atom. The van der Waals surface area contributed by atoms with Crippen LogP contribution in [0.4, 0.5) is 51.2 Å². The Hall–Kier alpha value is -9.32. The highest BCUT2D eigenvalue weighted by atomic mass is 15.2. The molecule has 2 aliphatic heterocycles. The molecule has 0 saturated carbocycles. The van der Waals surface area contributed by atoms with E-state index in [4.69, 9.17) is 0 Å². The van der Waals surface area contributed by atoms with Crippen LogP contribution in [-0.4, -0.2) is 11.3 Å². The van der Waals surface area contributed by atoms with Crippen molar-refractivity contribution in [1.82, 2.24) is 4.57 Å². The van der Waals surface area contributed by atoms with Crippen LogP contribution in [0.5, 0.6) is 0 Å². The lowest BCUT2D eigenvalue weighted by molar-refractivity contribution is 0.590. The lowest BCUT2D eigenvalue weighted by Gasteiger charge is -2.46. The molecule has 0 N–H and O–H groups in total. The number of rotatable bonds is 8. The molecule has 75 heavy (non-hydrogen) atoms. The van der Waals surface area contributed by atoms with E-state index >= 15 is 0 Å². The highest BCUT2D eigenvalue weighted by Crippen LogP contribution is 2.52. The van der Waals surface area contributed by atoms with Gasteiger partial charge in [-0.15, -0.1) is 0 Å². The molecule has 0 fully saturated rings. The van der Waals surface area contributed by atoms with Gasteiger partial charge in [-0.1, -0.05) is 203 Å². The maximum atomic E-state index is 2.61. The van der Waals surface area contributed by atoms with Crippen LogP contribution in [0.25, 0.3) is 49.7 Å². The van der Waals surface area contributed by atoms with E-state index in [2.05, 4.69) is 307 Å². The molecule has 0 spiro atoms. The molecule has 356 valence electrons. The summed E-state index contributed by atoms with van der Waals surface area (Å²) in [5, 5.41) is 2.49. The highest BCUT2D eigenvalue weighted by Gasteiger charge is 2.46. The molecule has 4 nitrogen and oxygen atoms in total. The van der Waals surface area contributed by atoms with Gasteiger partial charge in [-0.25, -0.2) is 0 Å². The summed E-state index contributed by atoms with van der Waals surface area (Å²) in [5.41, 5.74) is 23.3. The van der Waals surface area contributed by atoms with Gasteiger partial charge in [0.2, 0.25) is 0 Å². The minimum absolute atomic E-state index is 0.122. The molecular formula is C70H53BN4. The predicted molar refractivity (Wildman–Crippen MR) is 319 cm³/mol. The molecule has 14 rings (SSSR count). The Balaban J connectivity index is 1.19. The Bertz CT molecular complexity index is 4070. The average Bonchev–Trinajstić information content (AvgIpc) is 3.87. The van der Waals surface area contributed by atoms with Gasteiger partial charge in [-0.3, -0.25) is 0 Å². The van der Waals surface area contributed by atoms with E-state index in [1.165, 1.54) is 60.6 Å². The van der Waals surface area contributed by atoms with E-state index in [-0.39, 0.29) is 12.1 Å². The molecule has 0 bridgehead atoms. The molecule has 2 aliphatic rings. The molecule has 0 aliphatic carbocycles. The lowest BCUT2D eigenvalue weighted by Crippen LogP contribution is -2.61. The second-order valence-corrected chi connectivity index (χ2v) is 20.9. The van der Waals surface area contributed by atoms with Crippen molar-refractivity contribution >= 4 is 96.1 Å². The normalized spacial score (nSPS) is 12.7. The fourth-order valence-corrected chi connectivity index (χ4v) is 12.2. The minimum atomic E-state index is -0.163. The Labute approximate surface area is 439 Å². The van der Waals surface area contributed by atoms with Gasteiger partial charge in [-0.2, -0.15) is 0 Å². The average molecular weight is 961 g/mol. The van der Waals surface area contributed by atoms with Crippen LogP contribution in [0.15, 0.2) is 267 Å². The van der Waals surface area contributed by atoms with Gasteiger partial charge in [0.25, 0.3) is 6.71 Å². The number of aromatic nitrogens is 1. The molecule has 0 radical (unpaired) electrons. The quantitative estimate of drug-likeness (QED) is 0.141. The SMILES string of the molecule is CC(C)(C)c1ccc2c(c1)N(c1ccccc1-c1ccccc1)c1cc(N(c3ccccc3)c3ccccc3)cc3c1B2c1c(ccc2c1c1ccccc1n2-c1ccccc1)N3c1ccccc1-c1ccccc1. The smallest absolute Gasteiger partial charge is 0.253 e. The van der Waals surface area contributed by atoms with Crippen molar-refractivity contribution in [2.24, 2.45) is 0 Å². The molecule has 0 unspecified atom stereocenters. The summed E-state index contributed by atoms with van der Waals surface area (Å²) in [6.07, 6.45) is 0. The number of benzene rings is 11. The summed E-state index contributed by atoms with van der Waals surface area (Å²) in [6.45, 7) is 6.84. The number of fused-ring (bicyclic) bond motifs is 8. The van der Waals surface area contributed by atoms with E-state index < -0.39 is 0 Å². The Morgan fingerprint density at radius 1 is 0.360 bits per heavy atom. The first-order valence-corrected chi connectivity index (χ1v) is 26.1. The van der Waals surface area contributed by atoms with Crippen molar-refractivity contribution in [2.75, 3.05) is 14.7 Å². The van der Waals surface area contributed by atoms with Gasteiger partial charge in [0.05, 0.1) is 28.1 Å². The fraction of sp³-hybridized carbons (Fsp3) is 0.0571. The maximum Gasteiger partial charge on any atom is 0.253 e. The van der Waals surface area contributed by atoms with Crippen LogP contribution in [-0.2, 0) is 5.41 Å². The number of anilines is 9. The predicted octanol–water partition coefficient (Wildman–Crippen LogP) is 17.0. The van der Waals surface area contributed by atoms with E-state index in [1.54, 1.807) is 0 Å². The zero-order valence-corrected chi connectivity index (χ0v) is 42.3. The fourth-order valence-electron chi connectivity index (χ4n) is 12.2. The molecule has 12 aromatic rings. The van der Waals surface area contributed by atoms with Gasteiger partial charge in [-0.05, 0) is 123 Å². The first-order chi connectivity index (χ1) is 36.9. The lowest BCUT2D eigenvalue weighted by atomic mass is 9.33. The largest absolute Gasteiger partial charge is 0.311 e. The summed E-state index contributed by atoms with van der Waals surface area (Å²) in [7, 11) is 0. The van der Waals surface area contributed by atoms with Crippen LogP contribution in [0.2, 0.25) is 0 Å². The Kier molecular flexibility index (Phi) is 10.5. The van der Waals surface area contributed by atoms with Gasteiger partial charge in [0.1, 0.15) is 0 Å². The summed E-state index contributed by atoms with van der Waals surface area (Å²) in [5.74, 6) is 0. The summed E-state index contributed by atoms with van der Waals surface area (Å²) in [6, 6.07) is 98.5. The number of hydrogen-bond donors (Lipinski definition) is 0. The second-order valence-electron chi connectivity index (χ2n) is 20.9. The van der Waals surface area contributed by atoms with Crippen molar-refractivity contribution < 1.29 is 0 Å². The zero-order chi connectivity index (χ0) is 50.2. The molecule has 0 amide bonds. The summed E-state index contributed by atoms with van der Waals surface area (Å²) < 4.78 is 2.47. The van der Waals surface area contributed by atoms with Gasteiger partial charge in [0.15, 0.2) is 0 Å². The van der Waals surface area contributed by atoms with Crippen LogP contribution in [0.3, 0.4) is 0 Å². The first-order valence-electron chi connectivity index (χ1n) is 26.1. The maximum absolute atomic E-state index is 2.61. The highest BCUT2D eigenvalue weighted by molar-refractivity contribution is 7.02. The van der Waals surface area contributed by atoms with Crippen LogP contribution in [0.1, 0.15) is 26.3 Å². The molecule has 0 saturated heterocycles. The third kappa shape index (κ3) is 7.22. The molecule has 0 atom stereocenters. The van der Waals surface area contributed by atoms with Crippen molar-refractivity contribution in [3.05, 3.63) is 272 Å². The second kappa shape index (κ2) is 17.7. The van der Waals surface area contributed by atoms with E-state index in [0.717, 1.165) is 62.3 Å². The van der Waals surface area contributed by atoms with E-state index in [9.17, 15) is 0 Å². The Morgan fingerprint density at radius 2 is 0.853 bits per heavy atom. The van der Waals surface area contributed by atoms with E-state index in [1.807, 2.05) is 0 Å². The van der Waals surface area contributed by atoms with Crippen molar-refractivity contribution in [2.45, 2.75) is 26.2 Å². The topological polar surface area (TPSA) is 14.7 Å². The third-order valence-corrected chi connectivity index (χ3v) is 15.5. The van der Waals surface area contributed by atoms with E-state index in [0.29, 0.717) is 0 Å². The monoisotopic (exact) mass is 960 g/mol. The summed E-state index contributed by atoms with van der Waals surface area (Å²) >= 11 is 0. The molecule has 5 heteroatoms. The number of hydrogen-bond acceptors (Lipinski definition) is 3. The van der Waals surface area contributed by atoms with Gasteiger partial charge in [0, 0.05) is 61.7 Å². The van der Waals surface area contributed by atoms with Crippen LogP contribution in [0, 0.1) is 0 Å². The number of nitrogens with zero attached hydrogens (tertiary/aromatic N) is 4. The first kappa shape index (κ1) is 44.4. The number of para-hydroxylation sites is 6. The summed E-state index contributed by atoms with van der Waals surface area (Å²) in [4.78, 5) is 7.65. The van der Waals surface area contributed by atoms with Crippen molar-refractivity contribution in [1.29, 1.82) is 0 Å². The van der Waals surface area contributed by atoms with Gasteiger partial charge < -0.3 is 19.3 Å². The van der Waals surface area contributed by atoms with Crippen LogP contribution >= 0.6 is 0 Å². The third-order valence-electron chi connectivity index (χ3n) is 15.5. The zero-order valence-electron chi connectivity index (χ0n) is 42.3. The molecule has 1 aromatic heterocycles. The minimum Gasteiger partial charge on any atom is -0.311 e. The van der Waals surface area contributed by atoms with Gasteiger partial charge >= 0.3 is 0 Å². The standard InChI is InChI=1S/C70H53BN4/c1-70(2,3)50-41-42-58-64(45-50)75(60-39-23-20-36-56(60)49-27-11-5-12-28-49)66-47-54(72(51-29-13-6-14-30-51)52-31-15-7-16-32-52)46-65-68(66)71(58)69-63(74(65)59-38-22-19-35-55(59)48-25-9-4-10-26-48)44-43-62-67(69)57-37-21-24-40-61(57)73(62)53-33-17-8-18-34-53/h4-47H,1-3H3. The molecule has 11 aromatic carbocycles. The molecular weight excluding hydrogens is 908 g/mol.